The molecule has 0 saturated carbocycles. The van der Waals surface area contributed by atoms with Crippen molar-refractivity contribution >= 4 is 0 Å². The van der Waals surface area contributed by atoms with Crippen molar-refractivity contribution in [3.63, 3.8) is 0 Å². The Bertz CT molecular complexity index is 830. The molecule has 2 nitrogen and oxygen atoms in total. The maximum Gasteiger partial charge on any atom is 0.160 e. The van der Waals surface area contributed by atoms with Gasteiger partial charge >= 0.3 is 0 Å². The molecule has 0 aliphatic carbocycles. The summed E-state index contributed by atoms with van der Waals surface area (Å²) in [6.45, 7) is 16.7. The first-order valence-corrected chi connectivity index (χ1v) is 11.6. The van der Waals surface area contributed by atoms with Crippen molar-refractivity contribution < 1.29 is 10.2 Å². The Labute approximate surface area is 191 Å². The molecule has 1 rings (SSSR count). The minimum absolute atomic E-state index is 0.0120. The SMILES string of the molecule is CC(C)=CCCC(C)=CCCC(C)=CCCC(C)=CCc1c(C)c(C)c(O)c(O)c1C. The Kier molecular flexibility index (Phi) is 11.5. The molecule has 1 aromatic carbocycles. The standard InChI is InChI=1S/C29H44O2/c1-20(2)12-9-13-21(3)14-10-15-22(4)16-11-17-23(5)18-19-27-24(6)25(7)28(30)29(31)26(27)8/h12,14,16,18,30-31H,9-11,13,15,17,19H2,1-8H3. The molecule has 0 unspecified atom stereocenters. The van der Waals surface area contributed by atoms with E-state index in [4.69, 9.17) is 0 Å². The van der Waals surface area contributed by atoms with Crippen molar-refractivity contribution in [2.45, 2.75) is 100 Å². The third-order valence-corrected chi connectivity index (χ3v) is 6.21. The predicted molar refractivity (Wildman–Crippen MR) is 136 cm³/mol. The van der Waals surface area contributed by atoms with Crippen LogP contribution in [0.3, 0.4) is 0 Å². The van der Waals surface area contributed by atoms with E-state index in [1.165, 1.54) is 22.3 Å². The summed E-state index contributed by atoms with van der Waals surface area (Å²) < 4.78 is 0. The average molecular weight is 425 g/mol. The summed E-state index contributed by atoms with van der Waals surface area (Å²) in [6.07, 6.45) is 16.8. The summed E-state index contributed by atoms with van der Waals surface area (Å²) in [5.41, 5.74) is 9.45. The fourth-order valence-electron chi connectivity index (χ4n) is 3.75. The van der Waals surface area contributed by atoms with E-state index in [1.807, 2.05) is 20.8 Å². The van der Waals surface area contributed by atoms with E-state index in [0.29, 0.717) is 0 Å². The summed E-state index contributed by atoms with van der Waals surface area (Å²) in [5.74, 6) is 0.0296. The lowest BCUT2D eigenvalue weighted by Gasteiger charge is -2.15. The lowest BCUT2D eigenvalue weighted by molar-refractivity contribution is 0.397. The molecule has 2 N–H and O–H groups in total. The quantitative estimate of drug-likeness (QED) is 0.275. The van der Waals surface area contributed by atoms with Gasteiger partial charge in [-0.05, 0) is 123 Å². The Morgan fingerprint density at radius 2 is 1.00 bits per heavy atom. The van der Waals surface area contributed by atoms with Gasteiger partial charge in [-0.25, -0.2) is 0 Å². The van der Waals surface area contributed by atoms with Gasteiger partial charge in [0.1, 0.15) is 0 Å². The molecule has 0 aliphatic rings. The number of phenols is 2. The van der Waals surface area contributed by atoms with Crippen molar-refractivity contribution in [2.24, 2.45) is 0 Å². The lowest BCUT2D eigenvalue weighted by atomic mass is 9.93. The molecule has 1 aromatic rings. The minimum atomic E-state index is 0.0120. The highest BCUT2D eigenvalue weighted by Gasteiger charge is 2.15. The van der Waals surface area contributed by atoms with Crippen LogP contribution in [0.25, 0.3) is 0 Å². The zero-order valence-electron chi connectivity index (χ0n) is 21.2. The van der Waals surface area contributed by atoms with Crippen molar-refractivity contribution in [1.82, 2.24) is 0 Å². The summed E-state index contributed by atoms with van der Waals surface area (Å²) in [5, 5.41) is 20.2. The van der Waals surface area contributed by atoms with Crippen molar-refractivity contribution in [3.05, 3.63) is 68.9 Å². The highest BCUT2D eigenvalue weighted by molar-refractivity contribution is 5.57. The topological polar surface area (TPSA) is 40.5 Å². The van der Waals surface area contributed by atoms with Crippen LogP contribution in [0.15, 0.2) is 46.6 Å². The smallest absolute Gasteiger partial charge is 0.160 e. The number of allylic oxidation sites excluding steroid dienone is 8. The van der Waals surface area contributed by atoms with Gasteiger partial charge in [0.2, 0.25) is 0 Å². The first kappa shape index (κ1) is 26.8. The Morgan fingerprint density at radius 1 is 0.581 bits per heavy atom. The Hall–Kier alpha value is -2.22. The summed E-state index contributed by atoms with van der Waals surface area (Å²) in [6, 6.07) is 0. The largest absolute Gasteiger partial charge is 0.504 e. The molecule has 0 atom stereocenters. The van der Waals surface area contributed by atoms with Gasteiger partial charge in [0.05, 0.1) is 0 Å². The molecule has 0 heterocycles. The molecule has 0 aliphatic heterocycles. The fraction of sp³-hybridized carbons (Fsp3) is 0.517. The summed E-state index contributed by atoms with van der Waals surface area (Å²) in [4.78, 5) is 0. The third kappa shape index (κ3) is 9.21. The molecule has 0 fully saturated rings. The van der Waals surface area contributed by atoms with Crippen LogP contribution in [-0.4, -0.2) is 10.2 Å². The van der Waals surface area contributed by atoms with Crippen molar-refractivity contribution in [1.29, 1.82) is 0 Å². The fourth-order valence-corrected chi connectivity index (χ4v) is 3.75. The highest BCUT2D eigenvalue weighted by Crippen LogP contribution is 2.37. The maximum absolute atomic E-state index is 10.1. The van der Waals surface area contributed by atoms with Crippen LogP contribution in [0.1, 0.15) is 95.4 Å². The molecule has 0 spiro atoms. The zero-order valence-corrected chi connectivity index (χ0v) is 21.2. The monoisotopic (exact) mass is 424 g/mol. The number of aromatic hydroxyl groups is 2. The predicted octanol–water partition coefficient (Wildman–Crippen LogP) is 8.71. The van der Waals surface area contributed by atoms with Crippen LogP contribution in [0.5, 0.6) is 11.5 Å². The second kappa shape index (κ2) is 13.2. The van der Waals surface area contributed by atoms with E-state index < -0.39 is 0 Å². The maximum atomic E-state index is 10.1. The first-order valence-electron chi connectivity index (χ1n) is 11.6. The number of benzene rings is 1. The summed E-state index contributed by atoms with van der Waals surface area (Å²) >= 11 is 0. The first-order chi connectivity index (χ1) is 14.5. The Balaban J connectivity index is 2.52. The van der Waals surface area contributed by atoms with Crippen LogP contribution in [-0.2, 0) is 6.42 Å². The van der Waals surface area contributed by atoms with E-state index in [0.717, 1.165) is 67.2 Å². The van der Waals surface area contributed by atoms with Crippen LogP contribution < -0.4 is 0 Å². The Morgan fingerprint density at radius 3 is 1.48 bits per heavy atom. The number of hydrogen-bond donors (Lipinski definition) is 2. The van der Waals surface area contributed by atoms with E-state index in [2.05, 4.69) is 58.9 Å². The van der Waals surface area contributed by atoms with Gasteiger partial charge in [-0.15, -0.1) is 0 Å². The van der Waals surface area contributed by atoms with Gasteiger partial charge in [0, 0.05) is 0 Å². The molecule has 0 aromatic heterocycles. The van der Waals surface area contributed by atoms with Gasteiger partial charge in [0.25, 0.3) is 0 Å². The molecule has 172 valence electrons. The van der Waals surface area contributed by atoms with Gasteiger partial charge in [-0.1, -0.05) is 46.6 Å². The van der Waals surface area contributed by atoms with Crippen molar-refractivity contribution in [2.75, 3.05) is 0 Å². The zero-order chi connectivity index (χ0) is 23.6. The van der Waals surface area contributed by atoms with Gasteiger partial charge in [-0.2, -0.15) is 0 Å². The van der Waals surface area contributed by atoms with Crippen LogP contribution >= 0.6 is 0 Å². The molecule has 31 heavy (non-hydrogen) atoms. The van der Waals surface area contributed by atoms with Crippen LogP contribution in [0.2, 0.25) is 0 Å². The molecular weight excluding hydrogens is 380 g/mol. The third-order valence-electron chi connectivity index (χ3n) is 6.21. The average Bonchev–Trinajstić information content (AvgIpc) is 2.70. The molecule has 0 bridgehead atoms. The summed E-state index contributed by atoms with van der Waals surface area (Å²) in [7, 11) is 0. The highest BCUT2D eigenvalue weighted by atomic mass is 16.3. The number of hydrogen-bond acceptors (Lipinski definition) is 2. The molecule has 0 amide bonds. The minimum Gasteiger partial charge on any atom is -0.504 e. The molecule has 0 saturated heterocycles. The second-order valence-electron chi connectivity index (χ2n) is 9.30. The van der Waals surface area contributed by atoms with Gasteiger partial charge < -0.3 is 10.2 Å². The number of rotatable bonds is 11. The van der Waals surface area contributed by atoms with E-state index in [-0.39, 0.29) is 11.5 Å². The van der Waals surface area contributed by atoms with Crippen LogP contribution in [0.4, 0.5) is 0 Å². The molecular formula is C29H44O2. The van der Waals surface area contributed by atoms with Crippen molar-refractivity contribution in [3.8, 4) is 11.5 Å². The van der Waals surface area contributed by atoms with Gasteiger partial charge in [0.15, 0.2) is 11.5 Å². The van der Waals surface area contributed by atoms with Gasteiger partial charge in [-0.3, -0.25) is 0 Å². The van der Waals surface area contributed by atoms with E-state index in [1.54, 1.807) is 0 Å². The molecule has 2 heteroatoms. The van der Waals surface area contributed by atoms with E-state index in [9.17, 15) is 10.2 Å². The lowest BCUT2D eigenvalue weighted by Crippen LogP contribution is -1.97. The normalized spacial score (nSPS) is 13.0. The molecule has 0 radical (unpaired) electrons. The number of phenolic OH excluding ortho intramolecular Hbond substituents is 2. The van der Waals surface area contributed by atoms with E-state index >= 15 is 0 Å². The second-order valence-corrected chi connectivity index (χ2v) is 9.30. The van der Waals surface area contributed by atoms with Crippen LogP contribution in [0, 0.1) is 20.8 Å².